The van der Waals surface area contributed by atoms with Crippen molar-refractivity contribution >= 4 is 15.7 Å². The molecule has 0 atom stereocenters. The third-order valence-corrected chi connectivity index (χ3v) is 6.53. The van der Waals surface area contributed by atoms with Gasteiger partial charge in [0.15, 0.2) is 0 Å². The molecule has 118 valence electrons. The van der Waals surface area contributed by atoms with Crippen LogP contribution in [-0.2, 0) is 10.0 Å². The van der Waals surface area contributed by atoms with E-state index in [1.807, 2.05) is 0 Å². The minimum atomic E-state index is -3.42. The van der Waals surface area contributed by atoms with Crippen molar-refractivity contribution in [1.82, 2.24) is 4.31 Å². The highest BCUT2D eigenvalue weighted by Crippen LogP contribution is 2.31. The van der Waals surface area contributed by atoms with E-state index in [9.17, 15) is 8.42 Å². The van der Waals surface area contributed by atoms with Gasteiger partial charge in [-0.15, -0.1) is 0 Å². The fourth-order valence-electron chi connectivity index (χ4n) is 3.00. The number of anilines is 1. The lowest BCUT2D eigenvalue weighted by molar-refractivity contribution is 0.233. The highest BCUT2D eigenvalue weighted by Gasteiger charge is 2.30. The predicted molar refractivity (Wildman–Crippen MR) is 85.2 cm³/mol. The number of nitrogens with two attached hydrogens (primary N) is 1. The molecule has 0 bridgehead atoms. The molecule has 0 aromatic heterocycles. The van der Waals surface area contributed by atoms with Crippen LogP contribution in [0.25, 0.3) is 0 Å². The Morgan fingerprint density at radius 3 is 2.24 bits per heavy atom. The molecule has 1 aromatic carbocycles. The molecule has 0 unspecified atom stereocenters. The van der Waals surface area contributed by atoms with Crippen LogP contribution in [-0.4, -0.2) is 25.8 Å². The second-order valence-electron chi connectivity index (χ2n) is 5.77. The Balaban J connectivity index is 2.11. The molecular weight excluding hydrogens is 286 g/mol. The Hall–Kier alpha value is -1.11. The summed E-state index contributed by atoms with van der Waals surface area (Å²) in [5.74, 6) is 6.06. The van der Waals surface area contributed by atoms with E-state index in [0.717, 1.165) is 31.6 Å². The lowest BCUT2D eigenvalue weighted by atomic mass is 9.85. The van der Waals surface area contributed by atoms with Gasteiger partial charge in [-0.1, -0.05) is 13.3 Å². The molecule has 3 N–H and O–H groups in total. The summed E-state index contributed by atoms with van der Waals surface area (Å²) < 4.78 is 26.9. The Kier molecular flexibility index (Phi) is 5.24. The minimum absolute atomic E-state index is 0.116. The quantitative estimate of drug-likeness (QED) is 0.647. The molecule has 6 heteroatoms. The Bertz CT molecular complexity index is 549. The number of hydrazine groups is 1. The van der Waals surface area contributed by atoms with Crippen molar-refractivity contribution in [2.45, 2.75) is 50.0 Å². The van der Waals surface area contributed by atoms with Crippen molar-refractivity contribution in [3.05, 3.63) is 24.3 Å². The second-order valence-corrected chi connectivity index (χ2v) is 7.77. The monoisotopic (exact) mass is 311 g/mol. The maximum atomic E-state index is 12.7. The van der Waals surface area contributed by atoms with Gasteiger partial charge in [-0.05, 0) is 55.9 Å². The molecule has 0 aliphatic heterocycles. The average molecular weight is 311 g/mol. The maximum absolute atomic E-state index is 12.7. The van der Waals surface area contributed by atoms with Gasteiger partial charge in [0.2, 0.25) is 10.0 Å². The minimum Gasteiger partial charge on any atom is -0.324 e. The molecule has 0 spiro atoms. The Morgan fingerprint density at radius 1 is 1.19 bits per heavy atom. The summed E-state index contributed by atoms with van der Waals surface area (Å²) in [4.78, 5) is 0.321. The summed E-state index contributed by atoms with van der Waals surface area (Å²) in [5, 5.41) is 0. The van der Waals surface area contributed by atoms with E-state index in [0.29, 0.717) is 10.6 Å². The largest absolute Gasteiger partial charge is 0.324 e. The number of nitrogen functional groups attached to an aromatic ring is 1. The zero-order valence-corrected chi connectivity index (χ0v) is 13.6. The summed E-state index contributed by atoms with van der Waals surface area (Å²) in [6.45, 7) is 2.21. The molecule has 1 aliphatic rings. The van der Waals surface area contributed by atoms with Crippen molar-refractivity contribution < 1.29 is 8.42 Å². The van der Waals surface area contributed by atoms with Crippen molar-refractivity contribution in [3.8, 4) is 0 Å². The number of hydrogen-bond acceptors (Lipinski definition) is 4. The molecule has 5 nitrogen and oxygen atoms in total. The van der Waals surface area contributed by atoms with Gasteiger partial charge < -0.3 is 5.43 Å². The number of rotatable bonds is 5. The summed E-state index contributed by atoms with van der Waals surface area (Å²) in [5.41, 5.74) is 3.20. The smallest absolute Gasteiger partial charge is 0.243 e. The maximum Gasteiger partial charge on any atom is 0.243 e. The van der Waals surface area contributed by atoms with Gasteiger partial charge in [0.05, 0.1) is 4.90 Å². The van der Waals surface area contributed by atoms with Crippen LogP contribution in [0, 0.1) is 5.92 Å². The Morgan fingerprint density at radius 2 is 1.76 bits per heavy atom. The van der Waals surface area contributed by atoms with E-state index in [2.05, 4.69) is 12.3 Å². The normalized spacial score (nSPS) is 23.2. The highest BCUT2D eigenvalue weighted by molar-refractivity contribution is 7.89. The van der Waals surface area contributed by atoms with Crippen LogP contribution >= 0.6 is 0 Å². The lowest BCUT2D eigenvalue weighted by Crippen LogP contribution is -2.39. The van der Waals surface area contributed by atoms with Crippen LogP contribution in [0.4, 0.5) is 5.69 Å². The van der Waals surface area contributed by atoms with Gasteiger partial charge in [0.1, 0.15) is 0 Å². The van der Waals surface area contributed by atoms with Crippen LogP contribution in [0.15, 0.2) is 29.2 Å². The van der Waals surface area contributed by atoms with Crippen LogP contribution in [0.1, 0.15) is 39.0 Å². The van der Waals surface area contributed by atoms with Crippen molar-refractivity contribution in [1.29, 1.82) is 0 Å². The molecule has 0 amide bonds. The lowest BCUT2D eigenvalue weighted by Gasteiger charge is -2.33. The second kappa shape index (κ2) is 6.77. The summed E-state index contributed by atoms with van der Waals surface area (Å²) in [7, 11) is -1.73. The first kappa shape index (κ1) is 16.3. The van der Waals surface area contributed by atoms with E-state index < -0.39 is 10.0 Å². The van der Waals surface area contributed by atoms with Gasteiger partial charge >= 0.3 is 0 Å². The van der Waals surface area contributed by atoms with Gasteiger partial charge in [0, 0.05) is 18.8 Å². The van der Waals surface area contributed by atoms with E-state index in [1.54, 1.807) is 35.6 Å². The number of benzene rings is 1. The first-order valence-corrected chi connectivity index (χ1v) is 8.97. The van der Waals surface area contributed by atoms with E-state index >= 15 is 0 Å². The number of nitrogens with zero attached hydrogens (tertiary/aromatic N) is 1. The number of hydrogen-bond donors (Lipinski definition) is 2. The molecule has 2 rings (SSSR count). The van der Waals surface area contributed by atoms with Crippen LogP contribution in [0.3, 0.4) is 0 Å². The fourth-order valence-corrected chi connectivity index (χ4v) is 4.42. The molecule has 0 radical (unpaired) electrons. The third-order valence-electron chi connectivity index (χ3n) is 4.61. The SMILES string of the molecule is CCC1CCC(N(C)S(=O)(=O)c2ccc(NN)cc2)CC1. The zero-order valence-electron chi connectivity index (χ0n) is 12.7. The van der Waals surface area contributed by atoms with Gasteiger partial charge in [0.25, 0.3) is 0 Å². The molecule has 0 heterocycles. The molecular formula is C15H25N3O2S. The van der Waals surface area contributed by atoms with Crippen LogP contribution < -0.4 is 11.3 Å². The van der Waals surface area contributed by atoms with Crippen molar-refractivity contribution in [2.24, 2.45) is 11.8 Å². The molecule has 1 fully saturated rings. The number of sulfonamides is 1. The number of nitrogens with one attached hydrogen (secondary N) is 1. The van der Waals surface area contributed by atoms with Crippen LogP contribution in [0.5, 0.6) is 0 Å². The van der Waals surface area contributed by atoms with Crippen molar-refractivity contribution in [3.63, 3.8) is 0 Å². The fraction of sp³-hybridized carbons (Fsp3) is 0.600. The topological polar surface area (TPSA) is 75.4 Å². The van der Waals surface area contributed by atoms with Gasteiger partial charge in [-0.2, -0.15) is 4.31 Å². The molecule has 0 saturated heterocycles. The predicted octanol–water partition coefficient (Wildman–Crippen LogP) is 2.56. The van der Waals surface area contributed by atoms with E-state index in [-0.39, 0.29) is 6.04 Å². The first-order valence-electron chi connectivity index (χ1n) is 7.53. The zero-order chi connectivity index (χ0) is 15.5. The summed E-state index contributed by atoms with van der Waals surface area (Å²) in [6, 6.07) is 6.66. The third kappa shape index (κ3) is 3.56. The summed E-state index contributed by atoms with van der Waals surface area (Å²) in [6.07, 6.45) is 5.35. The van der Waals surface area contributed by atoms with E-state index in [1.165, 1.54) is 6.42 Å². The summed E-state index contributed by atoms with van der Waals surface area (Å²) >= 11 is 0. The highest BCUT2D eigenvalue weighted by atomic mass is 32.2. The molecule has 1 aromatic rings. The molecule has 1 saturated carbocycles. The van der Waals surface area contributed by atoms with Gasteiger partial charge in [-0.3, -0.25) is 5.84 Å². The van der Waals surface area contributed by atoms with Gasteiger partial charge in [-0.25, -0.2) is 8.42 Å². The van der Waals surface area contributed by atoms with E-state index in [4.69, 9.17) is 5.84 Å². The van der Waals surface area contributed by atoms with Crippen molar-refractivity contribution in [2.75, 3.05) is 12.5 Å². The molecule has 21 heavy (non-hydrogen) atoms. The molecule has 1 aliphatic carbocycles. The van der Waals surface area contributed by atoms with Crippen LogP contribution in [0.2, 0.25) is 0 Å². The first-order chi connectivity index (χ1) is 9.98. The standard InChI is InChI=1S/C15H25N3O2S/c1-3-12-4-8-14(9-5-12)18(2)21(19,20)15-10-6-13(17-16)7-11-15/h6-7,10-12,14,17H,3-5,8-9,16H2,1-2H3. The average Bonchev–Trinajstić information content (AvgIpc) is 2.54. The Labute approximate surface area is 127 Å².